The van der Waals surface area contributed by atoms with Gasteiger partial charge in [-0.25, -0.2) is 4.39 Å². The number of amides is 1. The molecule has 1 amide bonds. The molecule has 1 heterocycles. The van der Waals surface area contributed by atoms with Crippen LogP contribution in [0.5, 0.6) is 0 Å². The van der Waals surface area contributed by atoms with Crippen molar-refractivity contribution in [3.8, 4) is 0 Å². The van der Waals surface area contributed by atoms with Crippen molar-refractivity contribution < 1.29 is 22.4 Å². The molecule has 1 aromatic heterocycles. The molecule has 0 saturated carbocycles. The molecule has 0 fully saturated rings. The van der Waals surface area contributed by atoms with Crippen LogP contribution in [-0.2, 0) is 11.0 Å². The first-order valence-electron chi connectivity index (χ1n) is 10.5. The highest BCUT2D eigenvalue weighted by Gasteiger charge is 2.31. The van der Waals surface area contributed by atoms with Gasteiger partial charge in [0.25, 0.3) is 0 Å². The molecule has 0 aliphatic carbocycles. The number of hydrogen-bond donors (Lipinski definition) is 2. The van der Waals surface area contributed by atoms with Crippen molar-refractivity contribution in [1.29, 1.82) is 0 Å². The third kappa shape index (κ3) is 6.16. The molecule has 2 aromatic carbocycles. The van der Waals surface area contributed by atoms with Gasteiger partial charge in [-0.05, 0) is 54.8 Å². The molecule has 2 atom stereocenters. The molecule has 33 heavy (non-hydrogen) atoms. The maximum atomic E-state index is 13.8. The number of aryl methyl sites for hydroxylation is 1. The van der Waals surface area contributed by atoms with E-state index in [1.54, 1.807) is 26.1 Å². The lowest BCUT2D eigenvalue weighted by Crippen LogP contribution is -2.36. The van der Waals surface area contributed by atoms with E-state index in [0.717, 1.165) is 23.4 Å². The average Bonchev–Trinajstić information content (AvgIpc) is 2.81. The Balaban J connectivity index is 1.85. The first-order valence-corrected chi connectivity index (χ1v) is 10.5. The summed E-state index contributed by atoms with van der Waals surface area (Å²) >= 11 is 0. The van der Waals surface area contributed by atoms with Crippen LogP contribution in [0.1, 0.15) is 46.3 Å². The number of halogens is 4. The standard InChI is InChI=1S/C25H25F4N3O/c1-16-14-18(8-10-21(16)26)20(22-11-9-19(15-32-22)25(27,28)29)12-13-31-23(24(33)30-2)17-6-4-3-5-7-17/h3-11,14-15,20,23,31H,12-13H2,1-2H3,(H,30,33)/t20-,23+/m0/s1. The second-order valence-electron chi connectivity index (χ2n) is 7.73. The second-order valence-corrected chi connectivity index (χ2v) is 7.73. The van der Waals surface area contributed by atoms with E-state index in [-0.39, 0.29) is 17.6 Å². The van der Waals surface area contributed by atoms with E-state index >= 15 is 0 Å². The highest BCUT2D eigenvalue weighted by molar-refractivity contribution is 5.82. The number of likely N-dealkylation sites (N-methyl/N-ethyl adjacent to an activating group) is 1. The molecule has 0 saturated heterocycles. The number of hydrogen-bond acceptors (Lipinski definition) is 3. The van der Waals surface area contributed by atoms with Crippen LogP contribution in [0.25, 0.3) is 0 Å². The maximum Gasteiger partial charge on any atom is 0.417 e. The second kappa shape index (κ2) is 10.6. The Hall–Kier alpha value is -3.26. The molecular formula is C25H25F4N3O. The third-order valence-corrected chi connectivity index (χ3v) is 5.48. The molecule has 3 aromatic rings. The first-order chi connectivity index (χ1) is 15.7. The Morgan fingerprint density at radius 1 is 1.03 bits per heavy atom. The number of carbonyl (C=O) groups is 1. The summed E-state index contributed by atoms with van der Waals surface area (Å²) in [6.07, 6.45) is -3.24. The summed E-state index contributed by atoms with van der Waals surface area (Å²) in [5, 5.41) is 5.86. The van der Waals surface area contributed by atoms with Gasteiger partial charge in [0.05, 0.1) is 5.56 Å². The molecule has 0 unspecified atom stereocenters. The van der Waals surface area contributed by atoms with Crippen molar-refractivity contribution in [3.05, 3.63) is 101 Å². The van der Waals surface area contributed by atoms with Crippen LogP contribution in [0.15, 0.2) is 66.9 Å². The molecular weight excluding hydrogens is 434 g/mol. The van der Waals surface area contributed by atoms with Crippen LogP contribution in [0.4, 0.5) is 17.6 Å². The Labute approximate surface area is 190 Å². The third-order valence-electron chi connectivity index (χ3n) is 5.48. The Morgan fingerprint density at radius 3 is 2.33 bits per heavy atom. The van der Waals surface area contributed by atoms with Gasteiger partial charge in [-0.3, -0.25) is 9.78 Å². The lowest BCUT2D eigenvalue weighted by atomic mass is 9.90. The van der Waals surface area contributed by atoms with Crippen LogP contribution in [0.3, 0.4) is 0 Å². The van der Waals surface area contributed by atoms with Crippen molar-refractivity contribution in [2.45, 2.75) is 31.5 Å². The molecule has 0 bridgehead atoms. The van der Waals surface area contributed by atoms with Crippen molar-refractivity contribution in [2.24, 2.45) is 0 Å². The monoisotopic (exact) mass is 459 g/mol. The fourth-order valence-electron chi connectivity index (χ4n) is 3.67. The zero-order chi connectivity index (χ0) is 24.0. The van der Waals surface area contributed by atoms with Crippen LogP contribution >= 0.6 is 0 Å². The summed E-state index contributed by atoms with van der Waals surface area (Å²) in [4.78, 5) is 16.5. The van der Waals surface area contributed by atoms with Crippen LogP contribution in [-0.4, -0.2) is 24.5 Å². The molecule has 2 N–H and O–H groups in total. The fraction of sp³-hybridized carbons (Fsp3) is 0.280. The van der Waals surface area contributed by atoms with Gasteiger partial charge >= 0.3 is 6.18 Å². The van der Waals surface area contributed by atoms with Gasteiger partial charge in [0, 0.05) is 24.9 Å². The van der Waals surface area contributed by atoms with Crippen molar-refractivity contribution in [1.82, 2.24) is 15.6 Å². The van der Waals surface area contributed by atoms with E-state index < -0.39 is 17.8 Å². The largest absolute Gasteiger partial charge is 0.417 e. The van der Waals surface area contributed by atoms with E-state index in [1.807, 2.05) is 30.3 Å². The number of benzene rings is 2. The Morgan fingerprint density at radius 2 is 1.76 bits per heavy atom. The SMILES string of the molecule is CNC(=O)[C@H](NCC[C@@H](c1ccc(F)c(C)c1)c1ccc(C(F)(F)F)cn1)c1ccccc1. The number of aromatic nitrogens is 1. The number of pyridine rings is 1. The van der Waals surface area contributed by atoms with Gasteiger partial charge in [-0.1, -0.05) is 42.5 Å². The zero-order valence-corrected chi connectivity index (χ0v) is 18.3. The first kappa shape index (κ1) is 24.4. The minimum atomic E-state index is -4.48. The highest BCUT2D eigenvalue weighted by Crippen LogP contribution is 2.32. The molecule has 8 heteroatoms. The summed E-state index contributed by atoms with van der Waals surface area (Å²) in [7, 11) is 1.55. The smallest absolute Gasteiger partial charge is 0.358 e. The quantitative estimate of drug-likeness (QED) is 0.459. The number of rotatable bonds is 8. The van der Waals surface area contributed by atoms with E-state index in [1.165, 1.54) is 12.1 Å². The van der Waals surface area contributed by atoms with E-state index in [4.69, 9.17) is 0 Å². The van der Waals surface area contributed by atoms with Gasteiger partial charge in [0.15, 0.2) is 0 Å². The summed E-state index contributed by atoms with van der Waals surface area (Å²) < 4.78 is 52.7. The number of nitrogens with one attached hydrogen (secondary N) is 2. The molecule has 0 aliphatic rings. The lowest BCUT2D eigenvalue weighted by Gasteiger charge is -2.22. The minimum Gasteiger partial charge on any atom is -0.358 e. The van der Waals surface area contributed by atoms with E-state index in [2.05, 4.69) is 15.6 Å². The van der Waals surface area contributed by atoms with Crippen LogP contribution in [0, 0.1) is 12.7 Å². The molecule has 174 valence electrons. The predicted molar refractivity (Wildman–Crippen MR) is 118 cm³/mol. The molecule has 3 rings (SSSR count). The van der Waals surface area contributed by atoms with Gasteiger partial charge in [-0.2, -0.15) is 13.2 Å². The highest BCUT2D eigenvalue weighted by atomic mass is 19.4. The van der Waals surface area contributed by atoms with Gasteiger partial charge in [-0.15, -0.1) is 0 Å². The lowest BCUT2D eigenvalue weighted by molar-refractivity contribution is -0.137. The fourth-order valence-corrected chi connectivity index (χ4v) is 3.67. The summed E-state index contributed by atoms with van der Waals surface area (Å²) in [6, 6.07) is 15.6. The summed E-state index contributed by atoms with van der Waals surface area (Å²) in [6.45, 7) is 2.00. The van der Waals surface area contributed by atoms with Crippen molar-refractivity contribution in [3.63, 3.8) is 0 Å². The Bertz CT molecular complexity index is 1070. The van der Waals surface area contributed by atoms with E-state index in [9.17, 15) is 22.4 Å². The number of nitrogens with zero attached hydrogens (tertiary/aromatic N) is 1. The normalized spacial score (nSPS) is 13.4. The average molecular weight is 459 g/mol. The maximum absolute atomic E-state index is 13.8. The Kier molecular flexibility index (Phi) is 7.81. The van der Waals surface area contributed by atoms with Gasteiger partial charge in [0.2, 0.25) is 5.91 Å². The molecule has 4 nitrogen and oxygen atoms in total. The summed E-state index contributed by atoms with van der Waals surface area (Å²) in [5.41, 5.74) is 1.57. The molecule has 0 radical (unpaired) electrons. The van der Waals surface area contributed by atoms with Crippen molar-refractivity contribution in [2.75, 3.05) is 13.6 Å². The topological polar surface area (TPSA) is 54.0 Å². The zero-order valence-electron chi connectivity index (χ0n) is 18.3. The predicted octanol–water partition coefficient (Wildman–Crippen LogP) is 5.15. The number of alkyl halides is 3. The van der Waals surface area contributed by atoms with Crippen molar-refractivity contribution >= 4 is 5.91 Å². The molecule has 0 spiro atoms. The van der Waals surface area contributed by atoms with Crippen LogP contribution in [0.2, 0.25) is 0 Å². The minimum absolute atomic E-state index is 0.206. The van der Waals surface area contributed by atoms with Gasteiger partial charge < -0.3 is 10.6 Å². The summed E-state index contributed by atoms with van der Waals surface area (Å²) in [5.74, 6) is -0.956. The van der Waals surface area contributed by atoms with Crippen LogP contribution < -0.4 is 10.6 Å². The molecule has 0 aliphatic heterocycles. The van der Waals surface area contributed by atoms with Gasteiger partial charge in [0.1, 0.15) is 11.9 Å². The van der Waals surface area contributed by atoms with E-state index in [0.29, 0.717) is 24.2 Å². The number of carbonyl (C=O) groups excluding carboxylic acids is 1.